The summed E-state index contributed by atoms with van der Waals surface area (Å²) in [6, 6.07) is -1.90. The number of hydrogen-bond acceptors (Lipinski definition) is 18. The van der Waals surface area contributed by atoms with Gasteiger partial charge < -0.3 is 60.3 Å². The molecule has 236 valence electrons. The standard InChI is InChI=1S/C20H26N12O8P2S2/c21-9-13-7(37-19(9)31-5-29-11-15(23)25-3-27-17(11)31)1-35-41(33,43)40-14-8(2-36-42(34,44)39-13)38-20(10(14)22)32-6-30-12-16(24)26-4-28-18(12)32/h3-10,13-14,19-20H,1-2,21-22H2,(H,33,43)(H,34,44)(H2,23,25,27)(H2,24,26,28). The lowest BCUT2D eigenvalue weighted by molar-refractivity contribution is -0.0579. The van der Waals surface area contributed by atoms with Crippen molar-refractivity contribution in [2.75, 3.05) is 24.7 Å². The predicted molar refractivity (Wildman–Crippen MR) is 158 cm³/mol. The first-order chi connectivity index (χ1) is 20.9. The summed E-state index contributed by atoms with van der Waals surface area (Å²) in [6.45, 7) is -8.71. The Kier molecular flexibility index (Phi) is 7.66. The SMILES string of the molecule is Nc1ncnc2c1ncn2C1OC2COP(O)(=S)OC3C(COP(O)(=S)OC2C1N)OC(n1cnc2c(N)ncnc21)C3N. The fourth-order valence-electron chi connectivity index (χ4n) is 5.38. The number of aromatic nitrogens is 8. The third-order valence-electron chi connectivity index (χ3n) is 7.41. The molecule has 0 spiro atoms. The molecule has 0 bridgehead atoms. The molecule has 10 atom stereocenters. The molecular weight excluding hydrogens is 662 g/mol. The first-order valence-corrected chi connectivity index (χ1v) is 18.1. The van der Waals surface area contributed by atoms with Crippen LogP contribution in [-0.2, 0) is 51.2 Å². The van der Waals surface area contributed by atoms with Gasteiger partial charge in [0.1, 0.15) is 48.1 Å². The largest absolute Gasteiger partial charge is 0.382 e. The van der Waals surface area contributed by atoms with E-state index in [0.29, 0.717) is 22.3 Å². The summed E-state index contributed by atoms with van der Waals surface area (Å²) < 4.78 is 38.5. The highest BCUT2D eigenvalue weighted by molar-refractivity contribution is 8.07. The highest BCUT2D eigenvalue weighted by Gasteiger charge is 2.51. The van der Waals surface area contributed by atoms with E-state index in [1.54, 1.807) is 0 Å². The fourth-order valence-corrected chi connectivity index (χ4v) is 8.30. The van der Waals surface area contributed by atoms with Gasteiger partial charge in [-0.3, -0.25) is 9.13 Å². The zero-order valence-corrected chi connectivity index (χ0v) is 25.7. The molecule has 24 heteroatoms. The van der Waals surface area contributed by atoms with Crippen LogP contribution < -0.4 is 22.9 Å². The molecule has 0 amide bonds. The van der Waals surface area contributed by atoms with Crippen molar-refractivity contribution in [1.82, 2.24) is 39.0 Å². The van der Waals surface area contributed by atoms with Gasteiger partial charge in [-0.05, 0) is 23.6 Å². The van der Waals surface area contributed by atoms with Crippen LogP contribution in [0.25, 0.3) is 22.3 Å². The third-order valence-corrected chi connectivity index (χ3v) is 10.5. The summed E-state index contributed by atoms with van der Waals surface area (Å²) in [5.41, 5.74) is 26.3. The molecule has 0 aliphatic carbocycles. The number of nitrogen functional groups attached to an aromatic ring is 2. The second-order valence-electron chi connectivity index (χ2n) is 10.1. The number of imidazole rings is 2. The Morgan fingerprint density at radius 2 is 1.11 bits per heavy atom. The Labute approximate surface area is 257 Å². The molecule has 7 rings (SSSR count). The minimum atomic E-state index is -4.00. The number of fused-ring (bicyclic) bond motifs is 4. The van der Waals surface area contributed by atoms with Gasteiger partial charge in [0.15, 0.2) is 35.4 Å². The quantitative estimate of drug-likeness (QED) is 0.131. The van der Waals surface area contributed by atoms with E-state index in [1.165, 1.54) is 34.4 Å². The van der Waals surface area contributed by atoms with Crippen LogP contribution in [0.5, 0.6) is 0 Å². The maximum Gasteiger partial charge on any atom is 0.325 e. The van der Waals surface area contributed by atoms with Crippen molar-refractivity contribution in [3.63, 3.8) is 0 Å². The highest BCUT2D eigenvalue weighted by atomic mass is 32.5. The molecule has 4 aromatic heterocycles. The topological polar surface area (TPSA) is 287 Å². The van der Waals surface area contributed by atoms with Gasteiger partial charge in [-0.2, -0.15) is 0 Å². The molecule has 3 saturated heterocycles. The smallest absolute Gasteiger partial charge is 0.325 e. The van der Waals surface area contributed by atoms with Crippen LogP contribution in [0.3, 0.4) is 0 Å². The monoisotopic (exact) mass is 688 g/mol. The summed E-state index contributed by atoms with van der Waals surface area (Å²) in [6.07, 6.45) is -0.612. The van der Waals surface area contributed by atoms with Crippen molar-refractivity contribution in [1.29, 1.82) is 0 Å². The molecule has 3 fully saturated rings. The van der Waals surface area contributed by atoms with Gasteiger partial charge in [0, 0.05) is 0 Å². The van der Waals surface area contributed by atoms with E-state index in [9.17, 15) is 9.79 Å². The van der Waals surface area contributed by atoms with Crippen molar-refractivity contribution < 1.29 is 37.4 Å². The van der Waals surface area contributed by atoms with E-state index >= 15 is 0 Å². The molecule has 3 aliphatic rings. The average Bonchev–Trinajstić information content (AvgIpc) is 3.73. The fraction of sp³-hybridized carbons (Fsp3) is 0.500. The summed E-state index contributed by atoms with van der Waals surface area (Å²) >= 11 is 10.7. The minimum absolute atomic E-state index is 0.163. The van der Waals surface area contributed by atoms with E-state index in [1.807, 2.05) is 0 Å². The molecule has 20 nitrogen and oxygen atoms in total. The Bertz CT molecular complexity index is 1700. The van der Waals surface area contributed by atoms with Crippen molar-refractivity contribution in [2.45, 2.75) is 49.0 Å². The van der Waals surface area contributed by atoms with Crippen molar-refractivity contribution in [3.05, 3.63) is 25.3 Å². The number of ether oxygens (including phenoxy) is 2. The average molecular weight is 689 g/mol. The van der Waals surface area contributed by atoms with Crippen LogP contribution in [0, 0.1) is 0 Å². The molecular formula is C20H26N12O8P2S2. The number of nitrogens with zero attached hydrogens (tertiary/aromatic N) is 8. The van der Waals surface area contributed by atoms with Gasteiger partial charge in [0.25, 0.3) is 0 Å². The molecule has 4 aromatic rings. The lowest BCUT2D eigenvalue weighted by Crippen LogP contribution is -2.43. The van der Waals surface area contributed by atoms with E-state index in [0.717, 1.165) is 0 Å². The van der Waals surface area contributed by atoms with Crippen LogP contribution in [-0.4, -0.2) is 98.5 Å². The maximum absolute atomic E-state index is 11.1. The highest BCUT2D eigenvalue weighted by Crippen LogP contribution is 2.53. The van der Waals surface area contributed by atoms with Crippen LogP contribution in [0.2, 0.25) is 0 Å². The summed E-state index contributed by atoms with van der Waals surface area (Å²) in [5, 5.41) is 0. The summed E-state index contributed by atoms with van der Waals surface area (Å²) in [7, 11) is 0. The number of rotatable bonds is 2. The van der Waals surface area contributed by atoms with E-state index < -0.39 is 62.4 Å². The Balaban J connectivity index is 1.17. The predicted octanol–water partition coefficient (Wildman–Crippen LogP) is -1.47. The van der Waals surface area contributed by atoms with Gasteiger partial charge >= 0.3 is 13.4 Å². The first kappa shape index (κ1) is 30.3. The van der Waals surface area contributed by atoms with Crippen LogP contribution >= 0.6 is 13.4 Å². The molecule has 10 unspecified atom stereocenters. The van der Waals surface area contributed by atoms with Crippen molar-refractivity contribution >= 4 is 71.0 Å². The van der Waals surface area contributed by atoms with Gasteiger partial charge in [-0.1, -0.05) is 0 Å². The lowest BCUT2D eigenvalue weighted by atomic mass is 10.1. The van der Waals surface area contributed by atoms with Crippen LogP contribution in [0.1, 0.15) is 12.5 Å². The lowest BCUT2D eigenvalue weighted by Gasteiger charge is -2.30. The first-order valence-electron chi connectivity index (χ1n) is 12.9. The number of nitrogens with two attached hydrogens (primary N) is 4. The Morgan fingerprint density at radius 3 is 1.52 bits per heavy atom. The van der Waals surface area contributed by atoms with Gasteiger partial charge in [0.2, 0.25) is 0 Å². The molecule has 0 saturated carbocycles. The molecule has 0 aromatic carbocycles. The van der Waals surface area contributed by atoms with E-state index in [2.05, 4.69) is 29.9 Å². The normalized spacial score (nSPS) is 38.3. The maximum atomic E-state index is 11.1. The molecule has 7 heterocycles. The second-order valence-corrected chi connectivity index (χ2v) is 15.7. The Morgan fingerprint density at radius 1 is 0.705 bits per heavy atom. The second kappa shape index (κ2) is 11.1. The molecule has 44 heavy (non-hydrogen) atoms. The van der Waals surface area contributed by atoms with Crippen molar-refractivity contribution in [3.8, 4) is 0 Å². The molecule has 0 radical (unpaired) electrons. The number of anilines is 2. The number of hydrogen-bond donors (Lipinski definition) is 6. The van der Waals surface area contributed by atoms with Crippen LogP contribution in [0.4, 0.5) is 11.6 Å². The zero-order chi connectivity index (χ0) is 31.0. The van der Waals surface area contributed by atoms with Gasteiger partial charge in [-0.25, -0.2) is 29.9 Å². The molecule has 3 aliphatic heterocycles. The minimum Gasteiger partial charge on any atom is -0.382 e. The summed E-state index contributed by atoms with van der Waals surface area (Å²) in [4.78, 5) is 47.0. The van der Waals surface area contributed by atoms with E-state index in [4.69, 9.17) is 74.1 Å². The van der Waals surface area contributed by atoms with E-state index in [-0.39, 0.29) is 24.8 Å². The Hall–Kier alpha value is -2.40. The summed E-state index contributed by atoms with van der Waals surface area (Å²) in [5.74, 6) is 0.325. The molecule has 10 N–H and O–H groups in total. The third kappa shape index (κ3) is 5.29. The van der Waals surface area contributed by atoms with Crippen LogP contribution in [0.15, 0.2) is 25.3 Å². The van der Waals surface area contributed by atoms with Gasteiger partial charge in [-0.15, -0.1) is 0 Å². The van der Waals surface area contributed by atoms with Gasteiger partial charge in [0.05, 0.1) is 38.0 Å². The van der Waals surface area contributed by atoms with Crippen molar-refractivity contribution in [2.24, 2.45) is 11.5 Å². The zero-order valence-electron chi connectivity index (χ0n) is 22.3.